The molecule has 1 aromatic carbocycles. The second kappa shape index (κ2) is 6.25. The van der Waals surface area contributed by atoms with E-state index < -0.39 is 17.8 Å². The zero-order valence-electron chi connectivity index (χ0n) is 12.3. The smallest absolute Gasteiger partial charge is 0.327 e. The number of likely N-dealkylation sites (N-methyl/N-ethyl adjacent to an activating group) is 1. The molecule has 22 heavy (non-hydrogen) atoms. The van der Waals surface area contributed by atoms with Gasteiger partial charge < -0.3 is 15.5 Å². The van der Waals surface area contributed by atoms with Crippen molar-refractivity contribution in [1.29, 1.82) is 0 Å². The number of carbonyl (C=O) groups is 4. The molecule has 116 valence electrons. The lowest BCUT2D eigenvalue weighted by Crippen LogP contribution is -2.38. The van der Waals surface area contributed by atoms with Gasteiger partial charge in [-0.25, -0.2) is 4.79 Å². The Labute approximate surface area is 127 Å². The van der Waals surface area contributed by atoms with E-state index in [4.69, 9.17) is 0 Å². The number of rotatable bonds is 4. The van der Waals surface area contributed by atoms with Gasteiger partial charge in [-0.1, -0.05) is 0 Å². The van der Waals surface area contributed by atoms with Crippen molar-refractivity contribution in [2.75, 3.05) is 32.5 Å². The second-order valence-electron chi connectivity index (χ2n) is 4.82. The number of nitrogens with one attached hydrogen (secondary N) is 2. The molecule has 2 N–H and O–H groups in total. The Morgan fingerprint density at radius 2 is 1.82 bits per heavy atom. The molecule has 1 aliphatic rings. The maximum Gasteiger partial charge on any atom is 0.327 e. The molecule has 1 aromatic rings. The fourth-order valence-corrected chi connectivity index (χ4v) is 2.02. The summed E-state index contributed by atoms with van der Waals surface area (Å²) in [5.41, 5.74) is 0.942. The van der Waals surface area contributed by atoms with Crippen molar-refractivity contribution >= 4 is 29.4 Å². The molecular formula is C14H16N4O4. The Hall–Kier alpha value is -2.90. The molecule has 0 atom stereocenters. The number of imide groups is 1. The van der Waals surface area contributed by atoms with Crippen molar-refractivity contribution in [3.63, 3.8) is 0 Å². The van der Waals surface area contributed by atoms with Gasteiger partial charge in [0.1, 0.15) is 13.1 Å². The zero-order valence-corrected chi connectivity index (χ0v) is 12.3. The number of hydrogen-bond acceptors (Lipinski definition) is 4. The fourth-order valence-electron chi connectivity index (χ4n) is 2.02. The molecule has 0 aliphatic carbocycles. The summed E-state index contributed by atoms with van der Waals surface area (Å²) in [6, 6.07) is 5.78. The predicted octanol–water partition coefficient (Wildman–Crippen LogP) is -0.121. The van der Waals surface area contributed by atoms with Gasteiger partial charge in [-0.15, -0.1) is 0 Å². The van der Waals surface area contributed by atoms with E-state index in [1.54, 1.807) is 24.3 Å². The van der Waals surface area contributed by atoms with E-state index in [0.717, 1.165) is 4.90 Å². The number of anilines is 1. The van der Waals surface area contributed by atoms with E-state index in [2.05, 4.69) is 10.6 Å². The van der Waals surface area contributed by atoms with E-state index in [1.165, 1.54) is 19.0 Å². The van der Waals surface area contributed by atoms with Crippen molar-refractivity contribution in [2.24, 2.45) is 0 Å². The van der Waals surface area contributed by atoms with Gasteiger partial charge in [0.25, 0.3) is 11.8 Å². The summed E-state index contributed by atoms with van der Waals surface area (Å²) in [7, 11) is 3.02. The number of carbonyl (C=O) groups excluding carboxylic acids is 4. The lowest BCUT2D eigenvalue weighted by atomic mass is 10.2. The van der Waals surface area contributed by atoms with Crippen molar-refractivity contribution in [3.05, 3.63) is 29.8 Å². The van der Waals surface area contributed by atoms with Crippen LogP contribution in [0.3, 0.4) is 0 Å². The summed E-state index contributed by atoms with van der Waals surface area (Å²) in [6.07, 6.45) is 0. The number of amides is 5. The standard InChI is InChI=1S/C14H16N4O4/c1-15-13(21)9-3-5-10(6-4-9)16-11(19)7-18-12(20)8-17(2)14(18)22/h3-6H,7-8H2,1-2H3,(H,15,21)(H,16,19). The van der Waals surface area contributed by atoms with E-state index >= 15 is 0 Å². The van der Waals surface area contributed by atoms with Crippen LogP contribution < -0.4 is 10.6 Å². The topological polar surface area (TPSA) is 98.8 Å². The Kier molecular flexibility index (Phi) is 4.40. The van der Waals surface area contributed by atoms with Crippen LogP contribution >= 0.6 is 0 Å². The third-order valence-corrected chi connectivity index (χ3v) is 3.19. The average molecular weight is 304 g/mol. The van der Waals surface area contributed by atoms with Crippen LogP contribution in [0, 0.1) is 0 Å². The Balaban J connectivity index is 1.96. The van der Waals surface area contributed by atoms with Crippen molar-refractivity contribution in [2.45, 2.75) is 0 Å². The lowest BCUT2D eigenvalue weighted by molar-refractivity contribution is -0.129. The fraction of sp³-hybridized carbons (Fsp3) is 0.286. The van der Waals surface area contributed by atoms with Crippen LogP contribution in [0.25, 0.3) is 0 Å². The van der Waals surface area contributed by atoms with Gasteiger partial charge in [0.05, 0.1) is 0 Å². The number of hydrogen-bond donors (Lipinski definition) is 2. The molecule has 0 aromatic heterocycles. The van der Waals surface area contributed by atoms with Gasteiger partial charge >= 0.3 is 6.03 Å². The highest BCUT2D eigenvalue weighted by molar-refractivity contribution is 6.06. The van der Waals surface area contributed by atoms with E-state index in [1.807, 2.05) is 0 Å². The Bertz CT molecular complexity index is 626. The maximum atomic E-state index is 11.9. The summed E-state index contributed by atoms with van der Waals surface area (Å²) >= 11 is 0. The lowest BCUT2D eigenvalue weighted by Gasteiger charge is -2.14. The number of urea groups is 1. The van der Waals surface area contributed by atoms with Gasteiger partial charge in [-0.3, -0.25) is 19.3 Å². The van der Waals surface area contributed by atoms with E-state index in [9.17, 15) is 19.2 Å². The quantitative estimate of drug-likeness (QED) is 0.757. The van der Waals surface area contributed by atoms with Crippen LogP contribution in [0.1, 0.15) is 10.4 Å². The molecule has 1 fully saturated rings. The Morgan fingerprint density at radius 1 is 1.18 bits per heavy atom. The van der Waals surface area contributed by atoms with Crippen LogP contribution in [0.15, 0.2) is 24.3 Å². The number of nitrogens with zero attached hydrogens (tertiary/aromatic N) is 2. The minimum absolute atomic E-state index is 0.0209. The summed E-state index contributed by atoms with van der Waals surface area (Å²) in [6.45, 7) is -0.355. The van der Waals surface area contributed by atoms with Gasteiger partial charge in [-0.2, -0.15) is 0 Å². The SMILES string of the molecule is CNC(=O)c1ccc(NC(=O)CN2C(=O)CN(C)C2=O)cc1. The maximum absolute atomic E-state index is 11.9. The number of benzene rings is 1. The van der Waals surface area contributed by atoms with Crippen LogP contribution in [0.4, 0.5) is 10.5 Å². The summed E-state index contributed by atoms with van der Waals surface area (Å²) in [4.78, 5) is 48.7. The molecule has 0 saturated carbocycles. The van der Waals surface area contributed by atoms with Gasteiger partial charge in [0.2, 0.25) is 5.91 Å². The van der Waals surface area contributed by atoms with Crippen LogP contribution in [0.5, 0.6) is 0 Å². The second-order valence-corrected chi connectivity index (χ2v) is 4.82. The van der Waals surface area contributed by atoms with Gasteiger partial charge in [-0.05, 0) is 24.3 Å². The normalized spacial score (nSPS) is 14.3. The average Bonchev–Trinajstić information content (AvgIpc) is 2.73. The van der Waals surface area contributed by atoms with Crippen LogP contribution in [-0.4, -0.2) is 60.7 Å². The third kappa shape index (κ3) is 3.22. The summed E-state index contributed by atoms with van der Waals surface area (Å²) < 4.78 is 0. The summed E-state index contributed by atoms with van der Waals surface area (Å²) in [5.74, 6) is -1.11. The van der Waals surface area contributed by atoms with E-state index in [0.29, 0.717) is 11.3 Å². The first kappa shape index (κ1) is 15.5. The van der Waals surface area contributed by atoms with Crippen molar-refractivity contribution < 1.29 is 19.2 Å². The van der Waals surface area contributed by atoms with Crippen molar-refractivity contribution in [3.8, 4) is 0 Å². The summed E-state index contributed by atoms with van der Waals surface area (Å²) in [5, 5.41) is 5.06. The molecule has 5 amide bonds. The van der Waals surface area contributed by atoms with Crippen LogP contribution in [0.2, 0.25) is 0 Å². The van der Waals surface area contributed by atoms with Gasteiger partial charge in [0, 0.05) is 25.3 Å². The van der Waals surface area contributed by atoms with Gasteiger partial charge in [0.15, 0.2) is 0 Å². The molecule has 1 saturated heterocycles. The first-order valence-corrected chi connectivity index (χ1v) is 6.60. The minimum Gasteiger partial charge on any atom is -0.355 e. The Morgan fingerprint density at radius 3 is 2.32 bits per heavy atom. The largest absolute Gasteiger partial charge is 0.355 e. The molecule has 0 radical (unpaired) electrons. The molecule has 0 bridgehead atoms. The van der Waals surface area contributed by atoms with Crippen molar-refractivity contribution in [1.82, 2.24) is 15.1 Å². The molecular weight excluding hydrogens is 288 g/mol. The molecule has 8 nitrogen and oxygen atoms in total. The third-order valence-electron chi connectivity index (χ3n) is 3.19. The van der Waals surface area contributed by atoms with Crippen LogP contribution in [-0.2, 0) is 9.59 Å². The minimum atomic E-state index is -0.491. The molecule has 1 heterocycles. The molecule has 2 rings (SSSR count). The monoisotopic (exact) mass is 304 g/mol. The molecule has 8 heteroatoms. The highest BCUT2D eigenvalue weighted by Crippen LogP contribution is 2.11. The predicted molar refractivity (Wildman–Crippen MR) is 78.2 cm³/mol. The highest BCUT2D eigenvalue weighted by atomic mass is 16.2. The molecule has 1 aliphatic heterocycles. The van der Waals surface area contributed by atoms with E-state index in [-0.39, 0.29) is 19.0 Å². The highest BCUT2D eigenvalue weighted by Gasteiger charge is 2.34. The first-order valence-electron chi connectivity index (χ1n) is 6.60. The first-order chi connectivity index (χ1) is 10.4. The molecule has 0 unspecified atom stereocenters. The zero-order chi connectivity index (χ0) is 16.3. The molecule has 0 spiro atoms.